The smallest absolute Gasteiger partial charge is 0.377 e. The molecule has 25 heavy (non-hydrogen) atoms. The Balaban J connectivity index is 2.14. The van der Waals surface area contributed by atoms with Crippen LogP contribution in [0.2, 0.25) is 0 Å². The van der Waals surface area contributed by atoms with Gasteiger partial charge in [0.15, 0.2) is 5.78 Å². The number of ketones is 1. The molecule has 0 atom stereocenters. The first kappa shape index (κ1) is 17.0. The molecule has 0 aliphatic carbocycles. The number of carbonyl (C=O) groups excluding carboxylic acids is 2. The highest BCUT2D eigenvalue weighted by Crippen LogP contribution is 2.28. The van der Waals surface area contributed by atoms with Crippen LogP contribution in [0, 0.1) is 0 Å². The van der Waals surface area contributed by atoms with Gasteiger partial charge in [0, 0.05) is 28.0 Å². The summed E-state index contributed by atoms with van der Waals surface area (Å²) in [5.74, 6) is -1.32. The van der Waals surface area contributed by atoms with Gasteiger partial charge in [0.25, 0.3) is 5.76 Å². The van der Waals surface area contributed by atoms with Crippen molar-refractivity contribution in [2.24, 2.45) is 0 Å². The Kier molecular flexibility index (Phi) is 5.04. The van der Waals surface area contributed by atoms with Crippen LogP contribution in [-0.4, -0.2) is 28.5 Å². The van der Waals surface area contributed by atoms with Crippen molar-refractivity contribution < 1.29 is 18.8 Å². The van der Waals surface area contributed by atoms with Crippen molar-refractivity contribution in [2.75, 3.05) is 6.61 Å². The predicted molar refractivity (Wildman–Crippen MR) is 93.3 cm³/mol. The maximum Gasteiger partial charge on any atom is 0.377 e. The van der Waals surface area contributed by atoms with Gasteiger partial charge in [0.2, 0.25) is 0 Å². The maximum atomic E-state index is 13.0. The summed E-state index contributed by atoms with van der Waals surface area (Å²) in [5.41, 5.74) is 1.29. The van der Waals surface area contributed by atoms with E-state index >= 15 is 0 Å². The molecular formula is C18H13BrN2O4. The topological polar surface area (TPSA) is 82.3 Å². The van der Waals surface area contributed by atoms with Gasteiger partial charge < -0.3 is 9.26 Å². The molecule has 0 N–H and O–H groups in total. The van der Waals surface area contributed by atoms with Gasteiger partial charge in [-0.2, -0.15) is 0 Å². The van der Waals surface area contributed by atoms with E-state index in [1.165, 1.54) is 0 Å². The van der Waals surface area contributed by atoms with Crippen LogP contribution in [0.15, 0.2) is 57.8 Å². The lowest BCUT2D eigenvalue weighted by molar-refractivity contribution is 0.0476. The Morgan fingerprint density at radius 2 is 1.96 bits per heavy atom. The van der Waals surface area contributed by atoms with Crippen LogP contribution in [-0.2, 0) is 4.74 Å². The summed E-state index contributed by atoms with van der Waals surface area (Å²) in [5, 5.41) is 3.91. The maximum absolute atomic E-state index is 13.0. The third kappa shape index (κ3) is 3.51. The molecule has 0 radical (unpaired) electrons. The second kappa shape index (κ2) is 7.40. The van der Waals surface area contributed by atoms with E-state index in [0.717, 1.165) is 4.47 Å². The summed E-state index contributed by atoms with van der Waals surface area (Å²) in [6, 6.07) is 10.2. The summed E-state index contributed by atoms with van der Waals surface area (Å²) < 4.78 is 11.0. The van der Waals surface area contributed by atoms with E-state index < -0.39 is 5.97 Å². The van der Waals surface area contributed by atoms with Gasteiger partial charge in [0.1, 0.15) is 11.3 Å². The number of ether oxygens (including phenoxy) is 1. The number of hydrogen-bond donors (Lipinski definition) is 0. The third-order valence-electron chi connectivity index (χ3n) is 3.42. The second-order valence-electron chi connectivity index (χ2n) is 5.03. The van der Waals surface area contributed by atoms with Crippen molar-refractivity contribution in [1.82, 2.24) is 10.1 Å². The first-order chi connectivity index (χ1) is 12.1. The molecule has 3 rings (SSSR count). The highest BCUT2D eigenvalue weighted by Gasteiger charge is 2.30. The number of pyridine rings is 1. The van der Waals surface area contributed by atoms with E-state index in [9.17, 15) is 9.59 Å². The lowest BCUT2D eigenvalue weighted by Gasteiger charge is -2.04. The summed E-state index contributed by atoms with van der Waals surface area (Å²) in [7, 11) is 0. The van der Waals surface area contributed by atoms with E-state index in [-0.39, 0.29) is 29.4 Å². The van der Waals surface area contributed by atoms with Crippen molar-refractivity contribution in [3.8, 4) is 11.3 Å². The van der Waals surface area contributed by atoms with Crippen LogP contribution in [0.3, 0.4) is 0 Å². The predicted octanol–water partition coefficient (Wildman–Crippen LogP) is 3.91. The fourth-order valence-electron chi connectivity index (χ4n) is 2.28. The van der Waals surface area contributed by atoms with Gasteiger partial charge in [-0.3, -0.25) is 9.78 Å². The number of benzene rings is 1. The largest absolute Gasteiger partial charge is 0.460 e. The minimum absolute atomic E-state index is 0.0637. The van der Waals surface area contributed by atoms with Crippen LogP contribution < -0.4 is 0 Å². The molecular weight excluding hydrogens is 388 g/mol. The zero-order valence-corrected chi connectivity index (χ0v) is 14.8. The average molecular weight is 401 g/mol. The van der Waals surface area contributed by atoms with E-state index in [2.05, 4.69) is 26.1 Å². The molecule has 126 valence electrons. The number of nitrogens with zero attached hydrogens (tertiary/aromatic N) is 2. The van der Waals surface area contributed by atoms with E-state index in [1.54, 1.807) is 55.7 Å². The van der Waals surface area contributed by atoms with Crippen molar-refractivity contribution in [2.45, 2.75) is 6.92 Å². The van der Waals surface area contributed by atoms with Crippen molar-refractivity contribution in [3.05, 3.63) is 70.2 Å². The molecule has 2 heterocycles. The van der Waals surface area contributed by atoms with E-state index in [0.29, 0.717) is 11.1 Å². The Morgan fingerprint density at radius 1 is 1.20 bits per heavy atom. The van der Waals surface area contributed by atoms with Gasteiger partial charge in [-0.15, -0.1) is 0 Å². The minimum Gasteiger partial charge on any atom is -0.460 e. The third-order valence-corrected chi connectivity index (χ3v) is 3.95. The second-order valence-corrected chi connectivity index (χ2v) is 5.95. The number of aromatic nitrogens is 2. The molecule has 1 aromatic carbocycles. The van der Waals surface area contributed by atoms with E-state index in [1.807, 2.05) is 0 Å². The Hall–Kier alpha value is -2.80. The summed E-state index contributed by atoms with van der Waals surface area (Å²) in [6.45, 7) is 1.83. The number of halogens is 1. The van der Waals surface area contributed by atoms with Crippen molar-refractivity contribution in [3.63, 3.8) is 0 Å². The molecule has 0 saturated carbocycles. The molecule has 0 aliphatic heterocycles. The number of carbonyl (C=O) groups is 2. The number of esters is 1. The monoisotopic (exact) mass is 400 g/mol. The van der Waals surface area contributed by atoms with Crippen LogP contribution in [0.25, 0.3) is 11.3 Å². The summed E-state index contributed by atoms with van der Waals surface area (Å²) in [4.78, 5) is 29.2. The lowest BCUT2D eigenvalue weighted by atomic mass is 9.98. The normalized spacial score (nSPS) is 10.5. The number of rotatable bonds is 5. The van der Waals surface area contributed by atoms with Gasteiger partial charge in [-0.25, -0.2) is 4.79 Å². The molecule has 2 aromatic heterocycles. The zero-order valence-electron chi connectivity index (χ0n) is 13.2. The SMILES string of the molecule is CCOC(=O)c1onc(-c2cccnc2)c1C(=O)c1ccc(Br)cc1. The van der Waals surface area contributed by atoms with E-state index in [4.69, 9.17) is 9.26 Å². The number of hydrogen-bond acceptors (Lipinski definition) is 6. The molecule has 0 fully saturated rings. The highest BCUT2D eigenvalue weighted by atomic mass is 79.9. The molecule has 0 spiro atoms. The molecule has 6 nitrogen and oxygen atoms in total. The quantitative estimate of drug-likeness (QED) is 0.476. The van der Waals surface area contributed by atoms with Crippen molar-refractivity contribution in [1.29, 1.82) is 0 Å². The summed E-state index contributed by atoms with van der Waals surface area (Å²) >= 11 is 3.33. The standard InChI is InChI=1S/C18H13BrN2O4/c1-2-24-18(23)17-14(16(22)11-5-7-13(19)8-6-11)15(21-25-17)12-4-3-9-20-10-12/h3-10H,2H2,1H3. The Morgan fingerprint density at radius 3 is 2.60 bits per heavy atom. The van der Waals surface area contributed by atoms with Crippen LogP contribution >= 0.6 is 15.9 Å². The van der Waals surface area contributed by atoms with Crippen LogP contribution in [0.4, 0.5) is 0 Å². The zero-order chi connectivity index (χ0) is 17.8. The first-order valence-corrected chi connectivity index (χ1v) is 8.28. The molecule has 0 aliphatic rings. The van der Waals surface area contributed by atoms with Crippen molar-refractivity contribution >= 4 is 27.7 Å². The highest BCUT2D eigenvalue weighted by molar-refractivity contribution is 9.10. The van der Waals surface area contributed by atoms with Gasteiger partial charge >= 0.3 is 5.97 Å². The fourth-order valence-corrected chi connectivity index (χ4v) is 2.55. The molecule has 0 amide bonds. The van der Waals surface area contributed by atoms with Gasteiger partial charge in [-0.05, 0) is 43.3 Å². The molecule has 0 bridgehead atoms. The van der Waals surface area contributed by atoms with Gasteiger partial charge in [-0.1, -0.05) is 21.1 Å². The molecule has 7 heteroatoms. The molecule has 0 unspecified atom stereocenters. The van der Waals surface area contributed by atoms with Crippen LogP contribution in [0.5, 0.6) is 0 Å². The summed E-state index contributed by atoms with van der Waals surface area (Å²) in [6.07, 6.45) is 3.15. The van der Waals surface area contributed by atoms with Gasteiger partial charge in [0.05, 0.1) is 6.61 Å². The Bertz CT molecular complexity index is 905. The minimum atomic E-state index is -0.731. The molecule has 0 saturated heterocycles. The fraction of sp³-hybridized carbons (Fsp3) is 0.111. The van der Waals surface area contributed by atoms with Crippen LogP contribution in [0.1, 0.15) is 33.4 Å². The molecule has 3 aromatic rings. The average Bonchev–Trinajstić information content (AvgIpc) is 3.08. The first-order valence-electron chi connectivity index (χ1n) is 7.49. The lowest BCUT2D eigenvalue weighted by Crippen LogP contribution is -2.11. The Labute approximate surface area is 151 Å².